The fourth-order valence-electron chi connectivity index (χ4n) is 1.48. The van der Waals surface area contributed by atoms with Crippen molar-refractivity contribution in [2.75, 3.05) is 26.7 Å². The van der Waals surface area contributed by atoms with E-state index in [9.17, 15) is 0 Å². The number of aromatic nitrogens is 1. The highest BCUT2D eigenvalue weighted by atomic mass is 16.5. The zero-order valence-electron chi connectivity index (χ0n) is 10.1. The van der Waals surface area contributed by atoms with Gasteiger partial charge >= 0.3 is 0 Å². The first kappa shape index (κ1) is 12.9. The molecule has 0 aromatic carbocycles. The van der Waals surface area contributed by atoms with Gasteiger partial charge in [0.2, 0.25) is 0 Å². The summed E-state index contributed by atoms with van der Waals surface area (Å²) in [7, 11) is 1.67. The fraction of sp³-hybridized carbons (Fsp3) is 0.583. The summed E-state index contributed by atoms with van der Waals surface area (Å²) in [5.41, 5.74) is 1.15. The maximum absolute atomic E-state index is 5.23. The van der Waals surface area contributed by atoms with Crippen LogP contribution in [-0.4, -0.2) is 31.7 Å². The van der Waals surface area contributed by atoms with Gasteiger partial charge in [0.25, 0.3) is 0 Å². The minimum absolute atomic E-state index is 0.831. The van der Waals surface area contributed by atoms with Crippen LogP contribution < -0.4 is 15.4 Å². The van der Waals surface area contributed by atoms with E-state index in [4.69, 9.17) is 4.74 Å². The van der Waals surface area contributed by atoms with Crippen LogP contribution in [0.2, 0.25) is 0 Å². The normalized spacial score (nSPS) is 10.4. The summed E-state index contributed by atoms with van der Waals surface area (Å²) in [6, 6.07) is 1.98. The van der Waals surface area contributed by atoms with Crippen LogP contribution in [0, 0.1) is 0 Å². The van der Waals surface area contributed by atoms with Crippen molar-refractivity contribution in [2.45, 2.75) is 19.9 Å². The second-order valence-corrected chi connectivity index (χ2v) is 3.57. The molecule has 0 amide bonds. The predicted octanol–water partition coefficient (Wildman–Crippen LogP) is 1.18. The van der Waals surface area contributed by atoms with Crippen LogP contribution in [0.25, 0.3) is 0 Å². The minimum Gasteiger partial charge on any atom is -0.495 e. The Hall–Kier alpha value is -1.13. The van der Waals surface area contributed by atoms with Crippen molar-refractivity contribution >= 4 is 0 Å². The lowest BCUT2D eigenvalue weighted by molar-refractivity contribution is 0.405. The molecule has 16 heavy (non-hydrogen) atoms. The van der Waals surface area contributed by atoms with Gasteiger partial charge in [-0.3, -0.25) is 4.98 Å². The number of hydrogen-bond donors (Lipinski definition) is 2. The molecule has 90 valence electrons. The third-order valence-electron chi connectivity index (χ3n) is 2.36. The number of hydrogen-bond acceptors (Lipinski definition) is 4. The Kier molecular flexibility index (Phi) is 6.53. The molecule has 4 nitrogen and oxygen atoms in total. The van der Waals surface area contributed by atoms with Gasteiger partial charge in [-0.05, 0) is 32.1 Å². The van der Waals surface area contributed by atoms with E-state index in [1.807, 2.05) is 6.07 Å². The van der Waals surface area contributed by atoms with Crippen molar-refractivity contribution in [3.8, 4) is 5.75 Å². The minimum atomic E-state index is 0.831. The molecule has 0 saturated heterocycles. The van der Waals surface area contributed by atoms with Crippen molar-refractivity contribution in [1.82, 2.24) is 15.6 Å². The average molecular weight is 223 g/mol. The summed E-state index contributed by atoms with van der Waals surface area (Å²) < 4.78 is 5.23. The lowest BCUT2D eigenvalue weighted by atomic mass is 10.2. The maximum Gasteiger partial charge on any atom is 0.141 e. The Balaban J connectivity index is 2.21. The third kappa shape index (κ3) is 4.59. The number of ether oxygens (including phenoxy) is 1. The molecule has 0 aliphatic carbocycles. The lowest BCUT2D eigenvalue weighted by Gasteiger charge is -2.08. The van der Waals surface area contributed by atoms with Crippen LogP contribution in [0.5, 0.6) is 5.75 Å². The van der Waals surface area contributed by atoms with Crippen LogP contribution in [0.1, 0.15) is 18.9 Å². The highest BCUT2D eigenvalue weighted by Crippen LogP contribution is 2.14. The molecule has 1 heterocycles. The Bertz CT molecular complexity index is 291. The standard InChI is InChI=1S/C12H21N3O/c1-3-13-6-4-7-14-9-11-5-8-15-10-12(11)16-2/h5,8,10,13-14H,3-4,6-7,9H2,1-2H3. The van der Waals surface area contributed by atoms with Crippen LogP contribution in [0.4, 0.5) is 0 Å². The second-order valence-electron chi connectivity index (χ2n) is 3.57. The molecule has 1 aromatic rings. The van der Waals surface area contributed by atoms with Crippen LogP contribution in [0.3, 0.4) is 0 Å². The monoisotopic (exact) mass is 223 g/mol. The van der Waals surface area contributed by atoms with Gasteiger partial charge in [0, 0.05) is 18.3 Å². The van der Waals surface area contributed by atoms with Gasteiger partial charge < -0.3 is 15.4 Å². The van der Waals surface area contributed by atoms with E-state index >= 15 is 0 Å². The van der Waals surface area contributed by atoms with Gasteiger partial charge in [-0.1, -0.05) is 6.92 Å². The first-order valence-corrected chi connectivity index (χ1v) is 5.76. The average Bonchev–Trinajstić information content (AvgIpc) is 2.34. The predicted molar refractivity (Wildman–Crippen MR) is 65.7 cm³/mol. The zero-order valence-corrected chi connectivity index (χ0v) is 10.1. The first-order chi connectivity index (χ1) is 7.88. The number of pyridine rings is 1. The van der Waals surface area contributed by atoms with Gasteiger partial charge in [0.1, 0.15) is 5.75 Å². The summed E-state index contributed by atoms with van der Waals surface area (Å²) in [4.78, 5) is 4.02. The largest absolute Gasteiger partial charge is 0.495 e. The first-order valence-electron chi connectivity index (χ1n) is 5.76. The molecular weight excluding hydrogens is 202 g/mol. The van der Waals surface area contributed by atoms with Gasteiger partial charge in [-0.25, -0.2) is 0 Å². The molecule has 0 saturated carbocycles. The van der Waals surface area contributed by atoms with Crippen molar-refractivity contribution in [3.05, 3.63) is 24.0 Å². The molecule has 0 atom stereocenters. The molecule has 2 N–H and O–H groups in total. The van der Waals surface area contributed by atoms with E-state index in [1.54, 1.807) is 19.5 Å². The molecule has 0 aliphatic rings. The van der Waals surface area contributed by atoms with Gasteiger partial charge in [0.05, 0.1) is 13.3 Å². The van der Waals surface area contributed by atoms with Crippen molar-refractivity contribution < 1.29 is 4.74 Å². The second kappa shape index (κ2) is 8.07. The molecule has 4 heteroatoms. The summed E-state index contributed by atoms with van der Waals surface area (Å²) in [5, 5.41) is 6.68. The highest BCUT2D eigenvalue weighted by molar-refractivity contribution is 5.29. The van der Waals surface area contributed by atoms with E-state index in [-0.39, 0.29) is 0 Å². The zero-order chi connectivity index (χ0) is 11.6. The highest BCUT2D eigenvalue weighted by Gasteiger charge is 2.00. The topological polar surface area (TPSA) is 46.2 Å². The quantitative estimate of drug-likeness (QED) is 0.650. The van der Waals surface area contributed by atoms with Crippen molar-refractivity contribution in [3.63, 3.8) is 0 Å². The van der Waals surface area contributed by atoms with Crippen molar-refractivity contribution in [1.29, 1.82) is 0 Å². The SMILES string of the molecule is CCNCCCNCc1ccncc1OC. The molecule has 0 radical (unpaired) electrons. The Labute approximate surface area is 97.4 Å². The van der Waals surface area contributed by atoms with Gasteiger partial charge in [-0.15, -0.1) is 0 Å². The summed E-state index contributed by atoms with van der Waals surface area (Å²) in [6.45, 7) is 6.07. The molecule has 0 spiro atoms. The van der Waals surface area contributed by atoms with E-state index in [2.05, 4.69) is 22.5 Å². The van der Waals surface area contributed by atoms with E-state index in [0.29, 0.717) is 0 Å². The van der Waals surface area contributed by atoms with E-state index in [1.165, 1.54) is 0 Å². The number of methoxy groups -OCH3 is 1. The summed E-state index contributed by atoms with van der Waals surface area (Å²) in [6.07, 6.45) is 4.68. The molecule has 0 unspecified atom stereocenters. The third-order valence-corrected chi connectivity index (χ3v) is 2.36. The van der Waals surface area contributed by atoms with E-state index in [0.717, 1.165) is 43.9 Å². The Morgan fingerprint density at radius 2 is 2.12 bits per heavy atom. The van der Waals surface area contributed by atoms with E-state index < -0.39 is 0 Å². The Morgan fingerprint density at radius 3 is 2.88 bits per heavy atom. The molecule has 0 aliphatic heterocycles. The maximum atomic E-state index is 5.23. The van der Waals surface area contributed by atoms with Gasteiger partial charge in [-0.2, -0.15) is 0 Å². The summed E-state index contributed by atoms with van der Waals surface area (Å²) in [5.74, 6) is 0.849. The summed E-state index contributed by atoms with van der Waals surface area (Å²) >= 11 is 0. The number of nitrogens with zero attached hydrogens (tertiary/aromatic N) is 1. The number of rotatable bonds is 8. The van der Waals surface area contributed by atoms with Crippen LogP contribution >= 0.6 is 0 Å². The Morgan fingerprint density at radius 1 is 1.31 bits per heavy atom. The fourth-order valence-corrected chi connectivity index (χ4v) is 1.48. The molecule has 1 rings (SSSR count). The molecular formula is C12H21N3O. The number of nitrogens with one attached hydrogen (secondary N) is 2. The van der Waals surface area contributed by atoms with Gasteiger partial charge in [0.15, 0.2) is 0 Å². The smallest absolute Gasteiger partial charge is 0.141 e. The van der Waals surface area contributed by atoms with Crippen molar-refractivity contribution in [2.24, 2.45) is 0 Å². The van der Waals surface area contributed by atoms with Crippen LogP contribution in [-0.2, 0) is 6.54 Å². The molecule has 0 bridgehead atoms. The molecule has 1 aromatic heterocycles. The van der Waals surface area contributed by atoms with Crippen LogP contribution in [0.15, 0.2) is 18.5 Å². The lowest BCUT2D eigenvalue weighted by Crippen LogP contribution is -2.21. The molecule has 0 fully saturated rings.